The van der Waals surface area contributed by atoms with Crippen LogP contribution in [0.1, 0.15) is 33.6 Å². The van der Waals surface area contributed by atoms with Crippen molar-refractivity contribution in [2.75, 3.05) is 11.4 Å². The van der Waals surface area contributed by atoms with Gasteiger partial charge in [0.15, 0.2) is 5.78 Å². The number of nitrogens with zero attached hydrogens (tertiary/aromatic N) is 1. The maximum atomic E-state index is 11.9. The Hall–Kier alpha value is -2.29. The highest BCUT2D eigenvalue weighted by Gasteiger charge is 2.46. The topological polar surface area (TPSA) is 29.5 Å². The lowest BCUT2D eigenvalue weighted by molar-refractivity contribution is -0.113. The molecule has 2 aliphatic rings. The largest absolute Gasteiger partial charge is 0.461 e. The molecule has 120 valence electrons. The van der Waals surface area contributed by atoms with Crippen LogP contribution in [0.3, 0.4) is 0 Å². The lowest BCUT2D eigenvalue weighted by Crippen LogP contribution is -2.28. The molecule has 0 saturated carbocycles. The molecule has 0 aliphatic carbocycles. The normalized spacial score (nSPS) is 25.6. The summed E-state index contributed by atoms with van der Waals surface area (Å²) in [7, 11) is 0. The van der Waals surface area contributed by atoms with Crippen molar-refractivity contribution in [2.45, 2.75) is 33.6 Å². The average Bonchev–Trinajstić information content (AvgIpc) is 2.87. The Labute approximate surface area is 137 Å². The fourth-order valence-electron chi connectivity index (χ4n) is 3.42. The van der Waals surface area contributed by atoms with Crippen LogP contribution in [0, 0.1) is 5.41 Å². The molecule has 3 rings (SSSR count). The van der Waals surface area contributed by atoms with Gasteiger partial charge in [-0.05, 0) is 38.8 Å². The summed E-state index contributed by atoms with van der Waals surface area (Å²) in [6, 6.07) is 10.3. The number of fused-ring (bicyclic) bond motifs is 1. The second kappa shape index (κ2) is 5.73. The van der Waals surface area contributed by atoms with Crippen LogP contribution >= 0.6 is 0 Å². The Morgan fingerprint density at radius 3 is 2.65 bits per heavy atom. The van der Waals surface area contributed by atoms with Gasteiger partial charge in [-0.1, -0.05) is 31.7 Å². The predicted octanol–water partition coefficient (Wildman–Crippen LogP) is 4.58. The summed E-state index contributed by atoms with van der Waals surface area (Å²) in [5.74, 6) is 1.44. The van der Waals surface area contributed by atoms with E-state index in [-0.39, 0.29) is 11.2 Å². The molecule has 1 fully saturated rings. The van der Waals surface area contributed by atoms with Gasteiger partial charge in [-0.2, -0.15) is 0 Å². The Balaban J connectivity index is 2.12. The van der Waals surface area contributed by atoms with Crippen LogP contribution in [0.4, 0.5) is 5.69 Å². The average molecular weight is 309 g/mol. The number of allylic oxidation sites excluding steroid dienone is 2. The third kappa shape index (κ3) is 2.50. The molecule has 0 radical (unpaired) electrons. The van der Waals surface area contributed by atoms with Crippen LogP contribution in [-0.2, 0) is 9.53 Å². The van der Waals surface area contributed by atoms with Gasteiger partial charge >= 0.3 is 0 Å². The third-order valence-corrected chi connectivity index (χ3v) is 4.95. The smallest absolute Gasteiger partial charge is 0.159 e. The van der Waals surface area contributed by atoms with Crippen molar-refractivity contribution in [3.8, 4) is 0 Å². The Morgan fingerprint density at radius 1 is 1.35 bits per heavy atom. The van der Waals surface area contributed by atoms with Crippen LogP contribution in [0.15, 0.2) is 65.8 Å². The molecule has 1 unspecified atom stereocenters. The number of rotatable bonds is 3. The number of carbonyl (C=O) groups is 1. The van der Waals surface area contributed by atoms with E-state index in [2.05, 4.69) is 30.5 Å². The van der Waals surface area contributed by atoms with Crippen LogP contribution in [-0.4, -0.2) is 12.3 Å². The Kier molecular flexibility index (Phi) is 3.88. The van der Waals surface area contributed by atoms with Gasteiger partial charge in [-0.3, -0.25) is 4.79 Å². The first-order valence-corrected chi connectivity index (χ1v) is 8.13. The minimum atomic E-state index is -0.199. The lowest BCUT2D eigenvalue weighted by Gasteiger charge is -2.35. The van der Waals surface area contributed by atoms with E-state index in [0.29, 0.717) is 12.2 Å². The van der Waals surface area contributed by atoms with Crippen molar-refractivity contribution in [1.82, 2.24) is 0 Å². The van der Waals surface area contributed by atoms with E-state index in [4.69, 9.17) is 4.74 Å². The van der Waals surface area contributed by atoms with E-state index in [0.717, 1.165) is 30.0 Å². The summed E-state index contributed by atoms with van der Waals surface area (Å²) in [6.07, 6.45) is 3.65. The number of carbonyl (C=O) groups excluding carboxylic acids is 1. The molecule has 0 amide bonds. The van der Waals surface area contributed by atoms with E-state index in [1.165, 1.54) is 5.70 Å². The third-order valence-electron chi connectivity index (χ3n) is 4.95. The van der Waals surface area contributed by atoms with Gasteiger partial charge < -0.3 is 9.64 Å². The van der Waals surface area contributed by atoms with Crippen LogP contribution < -0.4 is 4.90 Å². The SMILES string of the molecule is C=C1O/C(=C(\CC)C(C)=O)C=C2N(c3ccccc3)CCC12C. The molecule has 1 aromatic rings. The zero-order chi connectivity index (χ0) is 16.6. The molecule has 1 aromatic carbocycles. The zero-order valence-corrected chi connectivity index (χ0v) is 14.1. The Bertz CT molecular complexity index is 714. The second-order valence-electron chi connectivity index (χ2n) is 6.38. The molecule has 0 N–H and O–H groups in total. The predicted molar refractivity (Wildman–Crippen MR) is 92.8 cm³/mol. The number of benzene rings is 1. The van der Waals surface area contributed by atoms with Gasteiger partial charge in [0, 0.05) is 29.6 Å². The van der Waals surface area contributed by atoms with E-state index in [9.17, 15) is 4.79 Å². The molecule has 1 atom stereocenters. The molecule has 3 heteroatoms. The quantitative estimate of drug-likeness (QED) is 0.765. The van der Waals surface area contributed by atoms with E-state index in [1.54, 1.807) is 6.92 Å². The minimum Gasteiger partial charge on any atom is -0.461 e. The van der Waals surface area contributed by atoms with Crippen LogP contribution in [0.2, 0.25) is 0 Å². The zero-order valence-electron chi connectivity index (χ0n) is 14.1. The van der Waals surface area contributed by atoms with Crippen molar-refractivity contribution < 1.29 is 9.53 Å². The number of ether oxygens (including phenoxy) is 1. The van der Waals surface area contributed by atoms with Crippen molar-refractivity contribution in [2.24, 2.45) is 5.41 Å². The van der Waals surface area contributed by atoms with Crippen LogP contribution in [0.5, 0.6) is 0 Å². The lowest BCUT2D eigenvalue weighted by atomic mass is 9.82. The molecular weight excluding hydrogens is 286 g/mol. The van der Waals surface area contributed by atoms with E-state index >= 15 is 0 Å². The molecule has 2 heterocycles. The summed E-state index contributed by atoms with van der Waals surface area (Å²) in [5, 5.41) is 0. The monoisotopic (exact) mass is 309 g/mol. The molecule has 23 heavy (non-hydrogen) atoms. The minimum absolute atomic E-state index is 0.0556. The first-order chi connectivity index (χ1) is 11.0. The number of anilines is 1. The van der Waals surface area contributed by atoms with Gasteiger partial charge in [0.1, 0.15) is 11.5 Å². The number of hydrogen-bond donors (Lipinski definition) is 0. The number of hydrogen-bond acceptors (Lipinski definition) is 3. The first kappa shape index (κ1) is 15.6. The van der Waals surface area contributed by atoms with Crippen molar-refractivity contribution in [1.29, 1.82) is 0 Å². The fourth-order valence-corrected chi connectivity index (χ4v) is 3.42. The highest BCUT2D eigenvalue weighted by Crippen LogP contribution is 2.51. The summed E-state index contributed by atoms with van der Waals surface area (Å²) < 4.78 is 5.96. The molecule has 0 aromatic heterocycles. The molecule has 2 aliphatic heterocycles. The maximum Gasteiger partial charge on any atom is 0.159 e. The van der Waals surface area contributed by atoms with Gasteiger partial charge in [0.2, 0.25) is 0 Å². The molecule has 0 spiro atoms. The second-order valence-corrected chi connectivity index (χ2v) is 6.38. The highest BCUT2D eigenvalue weighted by molar-refractivity contribution is 5.94. The van der Waals surface area contributed by atoms with Gasteiger partial charge in [-0.25, -0.2) is 0 Å². The summed E-state index contributed by atoms with van der Waals surface area (Å²) in [5.41, 5.74) is 2.86. The Morgan fingerprint density at radius 2 is 2.04 bits per heavy atom. The standard InChI is InChI=1S/C20H23NO2/c1-5-17(14(2)22)18-13-19-20(4,15(3)23-18)11-12-21(19)16-9-7-6-8-10-16/h6-10,13H,3,5,11-12H2,1-2,4H3/b18-17+. The van der Waals surface area contributed by atoms with Crippen molar-refractivity contribution in [3.63, 3.8) is 0 Å². The van der Waals surface area contributed by atoms with Gasteiger partial charge in [0.25, 0.3) is 0 Å². The first-order valence-electron chi connectivity index (χ1n) is 8.13. The number of ketones is 1. The molecule has 0 bridgehead atoms. The van der Waals surface area contributed by atoms with Gasteiger partial charge in [-0.15, -0.1) is 0 Å². The summed E-state index contributed by atoms with van der Waals surface area (Å²) >= 11 is 0. The number of para-hydroxylation sites is 1. The van der Waals surface area contributed by atoms with E-state index in [1.807, 2.05) is 31.2 Å². The van der Waals surface area contributed by atoms with Gasteiger partial charge in [0.05, 0.1) is 5.41 Å². The molecular formula is C20H23NO2. The molecule has 1 saturated heterocycles. The van der Waals surface area contributed by atoms with Crippen molar-refractivity contribution >= 4 is 11.5 Å². The summed E-state index contributed by atoms with van der Waals surface area (Å²) in [4.78, 5) is 14.2. The molecule has 3 nitrogen and oxygen atoms in total. The number of Topliss-reactive ketones (excluding diaryl/α,β-unsaturated/α-hetero) is 1. The maximum absolute atomic E-state index is 11.9. The summed E-state index contributed by atoms with van der Waals surface area (Å²) in [6.45, 7) is 10.8. The fraction of sp³-hybridized carbons (Fsp3) is 0.350. The highest BCUT2D eigenvalue weighted by atomic mass is 16.5. The van der Waals surface area contributed by atoms with Crippen LogP contribution in [0.25, 0.3) is 0 Å². The van der Waals surface area contributed by atoms with Crippen molar-refractivity contribution in [3.05, 3.63) is 65.8 Å². The van der Waals surface area contributed by atoms with E-state index < -0.39 is 0 Å².